The molecule has 0 heterocycles. The van der Waals surface area contributed by atoms with Crippen molar-refractivity contribution in [1.29, 1.82) is 0 Å². The van der Waals surface area contributed by atoms with Crippen molar-refractivity contribution in [2.75, 3.05) is 0 Å². The fourth-order valence-corrected chi connectivity index (χ4v) is 12.7. The number of benzene rings is 2. The summed E-state index contributed by atoms with van der Waals surface area (Å²) in [5.74, 6) is 0.580. The Labute approximate surface area is 190 Å². The van der Waals surface area contributed by atoms with Gasteiger partial charge >= 0.3 is 167 Å². The predicted molar refractivity (Wildman–Crippen MR) is 109 cm³/mol. The van der Waals surface area contributed by atoms with Gasteiger partial charge in [0.25, 0.3) is 0 Å². The summed E-state index contributed by atoms with van der Waals surface area (Å²) in [7, 11) is 0. The summed E-state index contributed by atoms with van der Waals surface area (Å²) in [5, 5.41) is 0. The molecule has 0 N–H and O–H groups in total. The van der Waals surface area contributed by atoms with Crippen molar-refractivity contribution >= 4 is 12.0 Å². The van der Waals surface area contributed by atoms with Crippen LogP contribution >= 0.6 is 0 Å². The van der Waals surface area contributed by atoms with E-state index in [2.05, 4.69) is 82.4 Å². The molecule has 1 radical (unpaired) electrons. The van der Waals surface area contributed by atoms with E-state index in [-0.39, 0.29) is 53.1 Å². The third kappa shape index (κ3) is 5.47. The first-order valence-corrected chi connectivity index (χ1v) is 17.2. The molecule has 27 heavy (non-hydrogen) atoms. The summed E-state index contributed by atoms with van der Waals surface area (Å²) in [5.41, 5.74) is 9.13. The van der Waals surface area contributed by atoms with E-state index in [0.29, 0.717) is 5.92 Å². The van der Waals surface area contributed by atoms with Gasteiger partial charge in [-0.2, -0.15) is 0 Å². The van der Waals surface area contributed by atoms with Crippen molar-refractivity contribution in [3.8, 4) is 11.1 Å². The molecular weight excluding hydrogens is 466 g/mol. The van der Waals surface area contributed by atoms with Gasteiger partial charge in [-0.25, -0.2) is 0 Å². The number of hydrogen-bond donors (Lipinski definition) is 0. The van der Waals surface area contributed by atoms with Crippen LogP contribution in [-0.2, 0) is 22.4 Å². The Bertz CT molecular complexity index is 768. The second-order valence-electron chi connectivity index (χ2n) is 7.39. The summed E-state index contributed by atoms with van der Waals surface area (Å²) >= 11 is -0.337. The molecule has 0 nitrogen and oxygen atoms in total. The molecule has 0 bridgehead atoms. The van der Waals surface area contributed by atoms with E-state index in [1.54, 1.807) is 11.1 Å². The van der Waals surface area contributed by atoms with E-state index in [4.69, 9.17) is 0 Å². The Morgan fingerprint density at radius 1 is 1.00 bits per heavy atom. The molecule has 0 aromatic heterocycles. The van der Waals surface area contributed by atoms with Crippen LogP contribution in [0.1, 0.15) is 59.8 Å². The number of hydrogen-bond acceptors (Lipinski definition) is 0. The zero-order valence-corrected chi connectivity index (χ0v) is 21.9. The van der Waals surface area contributed by atoms with E-state index in [0.717, 1.165) is 3.63 Å². The zero-order chi connectivity index (χ0) is 18.0. The van der Waals surface area contributed by atoms with Gasteiger partial charge in [-0.3, -0.25) is 0 Å². The van der Waals surface area contributed by atoms with Gasteiger partial charge in [-0.05, 0) is 0 Å². The van der Waals surface area contributed by atoms with E-state index in [1.807, 2.05) is 0 Å². The Balaban J connectivity index is 0.00000182. The molecule has 0 fully saturated rings. The maximum atomic E-state index is 2.53. The standard InChI is InChI=1S/C21H23.C2H6Si.2ClH.Zr/c1-4-15(3)17-9-11-18(12-10-17)20-8-6-7-19-13-16(5-2)14-21(19)20;1-3-2;;;/h6-15H,4-5H2,1-3H3;1-2H3;2*1H;/q;;;;+2/p-2. The zero-order valence-electron chi connectivity index (χ0n) is 16.9. The Kier molecular flexibility index (Phi) is 10.3. The molecule has 143 valence electrons. The van der Waals surface area contributed by atoms with Crippen LogP contribution in [0.3, 0.4) is 0 Å². The average Bonchev–Trinajstić information content (AvgIpc) is 2.98. The third-order valence-corrected chi connectivity index (χ3v) is 14.3. The maximum Gasteiger partial charge on any atom is -1.00 e. The summed E-state index contributed by atoms with van der Waals surface area (Å²) < 4.78 is 0.826. The van der Waals surface area contributed by atoms with Crippen LogP contribution in [0.15, 0.2) is 48.0 Å². The van der Waals surface area contributed by atoms with Gasteiger partial charge in [-0.1, -0.05) is 0 Å². The molecule has 1 aliphatic rings. The quantitative estimate of drug-likeness (QED) is 0.526. The number of halogens is 2. The normalized spacial score (nSPS) is 15.9. The average molecular weight is 496 g/mol. The molecule has 0 aliphatic heterocycles. The Morgan fingerprint density at radius 3 is 2.22 bits per heavy atom. The summed E-state index contributed by atoms with van der Waals surface area (Å²) in [6.07, 6.45) is 4.94. The van der Waals surface area contributed by atoms with Crippen molar-refractivity contribution in [1.82, 2.24) is 0 Å². The molecule has 4 heteroatoms. The van der Waals surface area contributed by atoms with Crippen LogP contribution in [0.2, 0.25) is 13.1 Å². The monoisotopic (exact) mass is 493 g/mol. The smallest absolute Gasteiger partial charge is 1.00 e. The van der Waals surface area contributed by atoms with Gasteiger partial charge in [0.15, 0.2) is 0 Å². The first kappa shape index (κ1) is 24.9. The van der Waals surface area contributed by atoms with Crippen LogP contribution in [0.5, 0.6) is 0 Å². The number of allylic oxidation sites excluding steroid dienone is 1. The van der Waals surface area contributed by atoms with E-state index in [9.17, 15) is 0 Å². The molecule has 1 aliphatic carbocycles. The van der Waals surface area contributed by atoms with Crippen LogP contribution in [0.4, 0.5) is 0 Å². The van der Waals surface area contributed by atoms with Gasteiger partial charge in [-0.15, -0.1) is 0 Å². The number of rotatable bonds is 6. The first-order chi connectivity index (χ1) is 12.0. The second-order valence-corrected chi connectivity index (χ2v) is 20.6. The summed E-state index contributed by atoms with van der Waals surface area (Å²) in [6.45, 7) is 11.9. The molecule has 0 spiro atoms. The first-order valence-electron chi connectivity index (χ1n) is 9.55. The minimum atomic E-state index is -0.337. The fraction of sp³-hybridized carbons (Fsp3) is 0.391. The van der Waals surface area contributed by atoms with Crippen molar-refractivity contribution in [2.45, 2.75) is 56.3 Å². The van der Waals surface area contributed by atoms with Gasteiger partial charge in [0, 0.05) is 0 Å². The van der Waals surface area contributed by atoms with E-state index >= 15 is 0 Å². The summed E-state index contributed by atoms with van der Waals surface area (Å²) in [6, 6.07) is 16.3. The van der Waals surface area contributed by atoms with Gasteiger partial charge < -0.3 is 24.8 Å². The summed E-state index contributed by atoms with van der Waals surface area (Å²) in [4.78, 5) is 0. The Morgan fingerprint density at radius 2 is 1.67 bits per heavy atom. The Hall–Kier alpha value is -0.140. The molecular formula is C23H29Cl2SiZr. The minimum Gasteiger partial charge on any atom is -1.00 e. The topological polar surface area (TPSA) is 0 Å². The van der Waals surface area contributed by atoms with Crippen molar-refractivity contribution in [3.05, 3.63) is 64.7 Å². The third-order valence-electron chi connectivity index (χ3n) is 5.40. The van der Waals surface area contributed by atoms with Crippen molar-refractivity contribution in [2.24, 2.45) is 0 Å². The van der Waals surface area contributed by atoms with Crippen LogP contribution < -0.4 is 24.8 Å². The minimum absolute atomic E-state index is 0. The molecule has 2 atom stereocenters. The van der Waals surface area contributed by atoms with Crippen LogP contribution in [-0.4, -0.2) is 5.92 Å². The van der Waals surface area contributed by atoms with E-state index < -0.39 is 0 Å². The SMILES string of the molecule is CCC1=Cc2c(-c3ccc(C(C)CC)cc3)cccc2[CH]1[Zr+2][Si](C)C.[Cl-].[Cl-]. The predicted octanol–water partition coefficient (Wildman–Crippen LogP) is 1.06. The van der Waals surface area contributed by atoms with Crippen LogP contribution in [0, 0.1) is 0 Å². The van der Waals surface area contributed by atoms with E-state index in [1.165, 1.54) is 35.1 Å². The van der Waals surface area contributed by atoms with Gasteiger partial charge in [0.1, 0.15) is 0 Å². The molecule has 2 aromatic rings. The van der Waals surface area contributed by atoms with Crippen LogP contribution in [0.25, 0.3) is 17.2 Å². The molecule has 0 saturated heterocycles. The molecule has 2 aromatic carbocycles. The maximum absolute atomic E-state index is 2.53. The van der Waals surface area contributed by atoms with Gasteiger partial charge in [0.2, 0.25) is 0 Å². The second kappa shape index (κ2) is 11.1. The molecule has 0 saturated carbocycles. The van der Waals surface area contributed by atoms with Crippen molar-refractivity contribution in [3.63, 3.8) is 0 Å². The fourth-order valence-electron chi connectivity index (χ4n) is 3.71. The largest absolute Gasteiger partial charge is 1.00 e. The van der Waals surface area contributed by atoms with Crippen molar-refractivity contribution < 1.29 is 47.2 Å². The molecule has 0 amide bonds. The van der Waals surface area contributed by atoms with Gasteiger partial charge in [0.05, 0.1) is 0 Å². The molecule has 2 unspecified atom stereocenters. The molecule has 3 rings (SSSR count). The number of fused-ring (bicyclic) bond motifs is 1.